The summed E-state index contributed by atoms with van der Waals surface area (Å²) in [5.41, 5.74) is 10.6. The molecule has 4 amide bonds. The van der Waals surface area contributed by atoms with E-state index in [1.807, 2.05) is 66.7 Å². The summed E-state index contributed by atoms with van der Waals surface area (Å²) in [5, 5.41) is 8.20. The second-order valence-corrected chi connectivity index (χ2v) is 17.9. The van der Waals surface area contributed by atoms with Gasteiger partial charge in [0.05, 0.1) is 22.6 Å². The van der Waals surface area contributed by atoms with E-state index in [9.17, 15) is 19.2 Å². The number of imide groups is 2. The number of nitrogen functional groups attached to an aromatic ring is 1. The summed E-state index contributed by atoms with van der Waals surface area (Å²) < 4.78 is 8.11. The predicted molar refractivity (Wildman–Crippen MR) is 238 cm³/mol. The maximum atomic E-state index is 13.4. The van der Waals surface area contributed by atoms with Crippen molar-refractivity contribution in [3.05, 3.63) is 90.3 Å². The number of carbonyl (C=O) groups excluding carboxylic acids is 4. The first-order valence-corrected chi connectivity index (χ1v) is 22.6. The molecule has 4 fully saturated rings. The molecule has 5 aromatic rings. The van der Waals surface area contributed by atoms with Gasteiger partial charge in [0, 0.05) is 50.4 Å². The van der Waals surface area contributed by atoms with E-state index in [-0.39, 0.29) is 24.8 Å². The molecule has 326 valence electrons. The van der Waals surface area contributed by atoms with Crippen LogP contribution in [-0.2, 0) is 9.59 Å². The van der Waals surface area contributed by atoms with Crippen LogP contribution in [-0.4, -0.2) is 116 Å². The molecule has 2 aromatic heterocycles. The molecule has 0 radical (unpaired) electrons. The van der Waals surface area contributed by atoms with Crippen LogP contribution in [0.3, 0.4) is 0 Å². The quantitative estimate of drug-likeness (QED) is 0.151. The third-order valence-corrected chi connectivity index (χ3v) is 14.0. The van der Waals surface area contributed by atoms with Crippen LogP contribution in [0.4, 0.5) is 11.5 Å². The van der Waals surface area contributed by atoms with Crippen molar-refractivity contribution < 1.29 is 23.9 Å². The monoisotopic (exact) mass is 850 g/mol. The molecule has 1 atom stereocenters. The van der Waals surface area contributed by atoms with E-state index in [1.54, 1.807) is 6.07 Å². The zero-order valence-corrected chi connectivity index (χ0v) is 35.5. The van der Waals surface area contributed by atoms with E-state index in [1.165, 1.54) is 25.6 Å². The summed E-state index contributed by atoms with van der Waals surface area (Å²) in [6.07, 6.45) is 9.66. The summed E-state index contributed by atoms with van der Waals surface area (Å²) in [7, 11) is 0. The molecule has 7 heterocycles. The number of hydrogen-bond acceptors (Lipinski definition) is 12. The zero-order chi connectivity index (χ0) is 43.0. The van der Waals surface area contributed by atoms with Crippen LogP contribution >= 0.6 is 0 Å². The van der Waals surface area contributed by atoms with Gasteiger partial charge in [-0.05, 0) is 137 Å². The Labute approximate surface area is 366 Å². The van der Waals surface area contributed by atoms with E-state index in [0.29, 0.717) is 28.8 Å². The average Bonchev–Trinajstić information content (AvgIpc) is 3.82. The van der Waals surface area contributed by atoms with Crippen LogP contribution in [0.15, 0.2) is 79.1 Å². The number of aromatic nitrogens is 4. The Balaban J connectivity index is 0.667. The molecule has 3 aromatic carbocycles. The highest BCUT2D eigenvalue weighted by Gasteiger charge is 2.45. The van der Waals surface area contributed by atoms with E-state index < -0.39 is 23.8 Å². The number of nitrogens with one attached hydrogen (secondary N) is 1. The van der Waals surface area contributed by atoms with Crippen molar-refractivity contribution in [1.82, 2.24) is 39.8 Å². The third kappa shape index (κ3) is 8.39. The summed E-state index contributed by atoms with van der Waals surface area (Å²) >= 11 is 0. The van der Waals surface area contributed by atoms with Gasteiger partial charge in [-0.15, -0.1) is 0 Å². The van der Waals surface area contributed by atoms with Crippen LogP contribution < -0.4 is 20.7 Å². The minimum absolute atomic E-state index is 0.107. The topological polar surface area (TPSA) is 172 Å². The lowest BCUT2D eigenvalue weighted by molar-refractivity contribution is -0.136. The molecule has 63 heavy (non-hydrogen) atoms. The highest BCUT2D eigenvalue weighted by Crippen LogP contribution is 2.37. The van der Waals surface area contributed by atoms with Gasteiger partial charge in [-0.1, -0.05) is 18.2 Å². The fourth-order valence-electron chi connectivity index (χ4n) is 10.4. The molecule has 3 N–H and O–H groups in total. The number of likely N-dealkylation sites (tertiary alicyclic amines) is 2. The highest BCUT2D eigenvalue weighted by molar-refractivity contribution is 6.23. The van der Waals surface area contributed by atoms with Gasteiger partial charge in [0.2, 0.25) is 11.8 Å². The van der Waals surface area contributed by atoms with E-state index in [0.717, 1.165) is 122 Å². The van der Waals surface area contributed by atoms with Crippen LogP contribution in [0.1, 0.15) is 84.5 Å². The average molecular weight is 851 g/mol. The number of hydrogen-bond donors (Lipinski definition) is 2. The van der Waals surface area contributed by atoms with Crippen molar-refractivity contribution in [2.24, 2.45) is 11.8 Å². The number of anilines is 2. The minimum Gasteiger partial charge on any atom is -0.457 e. The molecule has 0 saturated carbocycles. The number of nitrogens with two attached hydrogens (primary N) is 1. The van der Waals surface area contributed by atoms with Crippen molar-refractivity contribution >= 4 is 46.2 Å². The van der Waals surface area contributed by atoms with Crippen LogP contribution in [0, 0.1) is 11.8 Å². The molecule has 10 rings (SSSR count). The molecule has 4 saturated heterocycles. The second kappa shape index (κ2) is 17.5. The molecule has 0 aliphatic carbocycles. The van der Waals surface area contributed by atoms with Crippen molar-refractivity contribution in [2.75, 3.05) is 63.0 Å². The number of rotatable bonds is 11. The Hall–Kier alpha value is -6.19. The zero-order valence-electron chi connectivity index (χ0n) is 35.5. The maximum absolute atomic E-state index is 13.4. The Kier molecular flexibility index (Phi) is 11.4. The molecule has 15 nitrogen and oxygen atoms in total. The number of nitrogens with zero attached hydrogens (tertiary/aromatic N) is 8. The van der Waals surface area contributed by atoms with Gasteiger partial charge < -0.3 is 25.2 Å². The Morgan fingerprint density at radius 3 is 2.16 bits per heavy atom. The lowest BCUT2D eigenvalue weighted by Gasteiger charge is -2.38. The van der Waals surface area contributed by atoms with Gasteiger partial charge in [-0.25, -0.2) is 14.6 Å². The number of ether oxygens (including phenoxy) is 1. The first-order valence-electron chi connectivity index (χ1n) is 22.6. The largest absolute Gasteiger partial charge is 0.457 e. The number of carbonyl (C=O) groups is 4. The minimum atomic E-state index is -0.954. The summed E-state index contributed by atoms with van der Waals surface area (Å²) in [4.78, 5) is 68.3. The van der Waals surface area contributed by atoms with Gasteiger partial charge in [0.25, 0.3) is 11.8 Å². The first kappa shape index (κ1) is 40.9. The standard InChI is InChI=1S/C48H54N10O5/c49-44-42-43(33-6-9-37(10-7-33)63-36-4-2-1-3-5-36)53-58(45(42)51-30-50-44)34-19-24-55(25-20-34)29-32-15-22-54(23-16-32)21-14-31-17-26-56(27-18-31)35-8-11-38-39(28-35)48(62)57(47(38)61)40-12-13-41(59)52-46(40)60/h1-11,28,30-32,34,40H,12-27,29H2,(H2,49,50,51)(H,52,59,60). The summed E-state index contributed by atoms with van der Waals surface area (Å²) in [6, 6.07) is 22.4. The molecule has 15 heteroatoms. The molecule has 0 spiro atoms. The van der Waals surface area contributed by atoms with Gasteiger partial charge in [0.1, 0.15) is 35.4 Å². The third-order valence-electron chi connectivity index (χ3n) is 14.0. The van der Waals surface area contributed by atoms with E-state index in [4.69, 9.17) is 15.6 Å². The fourth-order valence-corrected chi connectivity index (χ4v) is 10.4. The smallest absolute Gasteiger partial charge is 0.262 e. The van der Waals surface area contributed by atoms with Crippen molar-refractivity contribution in [1.29, 1.82) is 0 Å². The normalized spacial score (nSPS) is 21.0. The lowest BCUT2D eigenvalue weighted by atomic mass is 9.91. The SMILES string of the molecule is Nc1ncnc2c1c(-c1ccc(Oc3ccccc3)cc1)nn2C1CCN(CC2CCN(CCC3CCN(c4ccc5c(c4)C(=O)N(C4CCC(=O)NC4=O)C5=O)CC3)CC2)CC1. The van der Waals surface area contributed by atoms with Crippen LogP contribution in [0.25, 0.3) is 22.3 Å². The number of amides is 4. The Bertz CT molecular complexity index is 2500. The lowest BCUT2D eigenvalue weighted by Crippen LogP contribution is -2.54. The summed E-state index contributed by atoms with van der Waals surface area (Å²) in [6.45, 7) is 8.46. The predicted octanol–water partition coefficient (Wildman–Crippen LogP) is 5.92. The second-order valence-electron chi connectivity index (χ2n) is 17.9. The number of piperidine rings is 4. The number of para-hydroxylation sites is 1. The van der Waals surface area contributed by atoms with Crippen LogP contribution in [0.5, 0.6) is 11.5 Å². The van der Waals surface area contributed by atoms with Crippen molar-refractivity contribution in [3.8, 4) is 22.8 Å². The van der Waals surface area contributed by atoms with Crippen molar-refractivity contribution in [3.63, 3.8) is 0 Å². The maximum Gasteiger partial charge on any atom is 0.262 e. The van der Waals surface area contributed by atoms with Gasteiger partial charge in [0.15, 0.2) is 5.65 Å². The first-order chi connectivity index (χ1) is 30.8. The number of benzene rings is 3. The molecular formula is C48H54N10O5. The molecule has 0 bridgehead atoms. The fraction of sp³-hybridized carbons (Fsp3) is 0.438. The van der Waals surface area contributed by atoms with E-state index in [2.05, 4.69) is 34.7 Å². The molecule has 5 aliphatic rings. The van der Waals surface area contributed by atoms with Gasteiger partial charge >= 0.3 is 0 Å². The van der Waals surface area contributed by atoms with Crippen molar-refractivity contribution in [2.45, 2.75) is 69.9 Å². The highest BCUT2D eigenvalue weighted by atomic mass is 16.5. The van der Waals surface area contributed by atoms with Crippen LogP contribution in [0.2, 0.25) is 0 Å². The Morgan fingerprint density at radius 1 is 0.714 bits per heavy atom. The van der Waals surface area contributed by atoms with Gasteiger partial charge in [-0.3, -0.25) is 29.4 Å². The number of fused-ring (bicyclic) bond motifs is 2. The molecule has 5 aliphatic heterocycles. The Morgan fingerprint density at radius 2 is 1.41 bits per heavy atom. The van der Waals surface area contributed by atoms with E-state index >= 15 is 0 Å². The molecular weight excluding hydrogens is 797 g/mol. The summed E-state index contributed by atoms with van der Waals surface area (Å²) in [5.74, 6) is 1.46. The molecule has 1 unspecified atom stereocenters. The van der Waals surface area contributed by atoms with Gasteiger partial charge in [-0.2, -0.15) is 5.10 Å².